The van der Waals surface area contributed by atoms with E-state index in [-0.39, 0.29) is 0 Å². The molecule has 0 saturated carbocycles. The van der Waals surface area contributed by atoms with Gasteiger partial charge in [0.2, 0.25) is 0 Å². The molecule has 5 heteroatoms. The molecule has 0 radical (unpaired) electrons. The highest BCUT2D eigenvalue weighted by molar-refractivity contribution is 7.80. The van der Waals surface area contributed by atoms with Gasteiger partial charge in [0.05, 0.1) is 26.7 Å². The van der Waals surface area contributed by atoms with Crippen molar-refractivity contribution in [3.63, 3.8) is 0 Å². The van der Waals surface area contributed by atoms with Gasteiger partial charge < -0.3 is 19.9 Å². The second kappa shape index (κ2) is 8.32. The molecule has 1 heterocycles. The van der Waals surface area contributed by atoms with Crippen LogP contribution in [-0.2, 0) is 0 Å². The van der Waals surface area contributed by atoms with E-state index in [0.717, 1.165) is 36.2 Å². The Bertz CT molecular complexity index is 690. The van der Waals surface area contributed by atoms with Crippen molar-refractivity contribution >= 4 is 23.0 Å². The number of likely N-dealkylation sites (N-methyl/N-ethyl adjacent to an activating group) is 1. The fraction of sp³-hybridized carbons (Fsp3) is 0.350. The Morgan fingerprint density at radius 3 is 2.60 bits per heavy atom. The highest BCUT2D eigenvalue weighted by atomic mass is 32.1. The third kappa shape index (κ3) is 4.50. The molecule has 1 fully saturated rings. The molecule has 2 atom stereocenters. The monoisotopic (exact) mass is 356 g/mol. The minimum Gasteiger partial charge on any atom is -0.494 e. The molecule has 0 bridgehead atoms. The Morgan fingerprint density at radius 1 is 1.20 bits per heavy atom. The first-order valence-corrected chi connectivity index (χ1v) is 9.25. The molecule has 25 heavy (non-hydrogen) atoms. The van der Waals surface area contributed by atoms with E-state index in [1.165, 1.54) is 10.5 Å². The van der Waals surface area contributed by atoms with Crippen molar-refractivity contribution in [3.8, 4) is 5.75 Å². The first kappa shape index (κ1) is 17.7. The van der Waals surface area contributed by atoms with Gasteiger partial charge in [-0.05, 0) is 49.0 Å². The molecular weight excluding hydrogens is 330 g/mol. The smallest absolute Gasteiger partial charge is 0.174 e. The van der Waals surface area contributed by atoms with Crippen molar-refractivity contribution in [1.82, 2.24) is 4.90 Å². The lowest BCUT2D eigenvalue weighted by Crippen LogP contribution is -3.12. The molecule has 0 spiro atoms. The normalized spacial score (nSPS) is 20.2. The molecule has 0 aliphatic carbocycles. The number of nitrogens with one attached hydrogen (secondary N) is 2. The lowest BCUT2D eigenvalue weighted by molar-refractivity contribution is -0.887. The average Bonchev–Trinajstić information content (AvgIpc) is 2.64. The quantitative estimate of drug-likeness (QED) is 0.823. The fourth-order valence-corrected chi connectivity index (χ4v) is 3.56. The summed E-state index contributed by atoms with van der Waals surface area (Å²) < 4.78 is 5.50. The summed E-state index contributed by atoms with van der Waals surface area (Å²) in [5, 5.41) is 4.17. The van der Waals surface area contributed by atoms with Crippen molar-refractivity contribution in [2.75, 3.05) is 38.6 Å². The van der Waals surface area contributed by atoms with E-state index >= 15 is 0 Å². The second-order valence-electron chi connectivity index (χ2n) is 6.42. The van der Waals surface area contributed by atoms with Crippen LogP contribution in [0, 0.1) is 0 Å². The fourth-order valence-electron chi connectivity index (χ4n) is 3.22. The number of benzene rings is 2. The summed E-state index contributed by atoms with van der Waals surface area (Å²) in [6, 6.07) is 18.9. The van der Waals surface area contributed by atoms with E-state index < -0.39 is 0 Å². The number of nitrogens with zero attached hydrogens (tertiary/aromatic N) is 1. The highest BCUT2D eigenvalue weighted by Gasteiger charge is 2.30. The van der Waals surface area contributed by atoms with Gasteiger partial charge in [0.15, 0.2) is 5.11 Å². The van der Waals surface area contributed by atoms with E-state index in [0.29, 0.717) is 12.6 Å². The molecule has 1 saturated heterocycles. The van der Waals surface area contributed by atoms with Gasteiger partial charge in [0.1, 0.15) is 18.3 Å². The van der Waals surface area contributed by atoms with Crippen molar-refractivity contribution in [2.24, 2.45) is 0 Å². The van der Waals surface area contributed by atoms with Crippen molar-refractivity contribution in [3.05, 3.63) is 60.2 Å². The van der Waals surface area contributed by atoms with Crippen LogP contribution in [0.4, 0.5) is 5.69 Å². The van der Waals surface area contributed by atoms with E-state index in [4.69, 9.17) is 17.0 Å². The van der Waals surface area contributed by atoms with Crippen molar-refractivity contribution < 1.29 is 9.64 Å². The van der Waals surface area contributed by atoms with Gasteiger partial charge in [-0.1, -0.05) is 30.3 Å². The number of ether oxygens (including phenoxy) is 1. The van der Waals surface area contributed by atoms with Crippen LogP contribution in [0.25, 0.3) is 0 Å². The summed E-state index contributed by atoms with van der Waals surface area (Å²) in [4.78, 5) is 3.85. The molecule has 1 aliphatic rings. The van der Waals surface area contributed by atoms with Gasteiger partial charge in [0.25, 0.3) is 0 Å². The maximum absolute atomic E-state index is 5.73. The summed E-state index contributed by atoms with van der Waals surface area (Å²) in [5.74, 6) is 0.879. The molecule has 0 amide bonds. The highest BCUT2D eigenvalue weighted by Crippen LogP contribution is 2.22. The first-order valence-electron chi connectivity index (χ1n) is 8.84. The molecule has 3 rings (SSSR count). The molecule has 132 valence electrons. The van der Waals surface area contributed by atoms with Crippen LogP contribution < -0.4 is 15.0 Å². The molecule has 1 unspecified atom stereocenters. The Balaban J connectivity index is 1.72. The third-order valence-electron chi connectivity index (χ3n) is 4.56. The molecule has 4 nitrogen and oxygen atoms in total. The van der Waals surface area contributed by atoms with Crippen LogP contribution in [0.1, 0.15) is 18.5 Å². The number of hydrogen-bond acceptors (Lipinski definition) is 2. The van der Waals surface area contributed by atoms with Crippen LogP contribution >= 0.6 is 12.2 Å². The molecule has 2 N–H and O–H groups in total. The first-order chi connectivity index (χ1) is 12.2. The van der Waals surface area contributed by atoms with Crippen LogP contribution in [0.15, 0.2) is 54.6 Å². The lowest BCUT2D eigenvalue weighted by atomic mass is 10.0. The predicted molar refractivity (Wildman–Crippen MR) is 106 cm³/mol. The zero-order valence-corrected chi connectivity index (χ0v) is 15.7. The number of quaternary nitrogens is 1. The Hall–Kier alpha value is -2.11. The minimum atomic E-state index is 0.303. The molecular formula is C20H26N3OS+. The standard InChI is InChI=1S/C20H25N3OS/c1-3-24-18-11-9-17(10-12-18)21-20(25)23-14-13-22(2)15-19(23)16-7-5-4-6-8-16/h4-12,19H,3,13-15H2,1-2H3,(H,21,25)/p+1/t19-/m1/s1. The molecule has 1 aliphatic heterocycles. The Morgan fingerprint density at radius 2 is 1.92 bits per heavy atom. The van der Waals surface area contributed by atoms with Crippen molar-refractivity contribution in [1.29, 1.82) is 0 Å². The minimum absolute atomic E-state index is 0.303. The molecule has 2 aromatic carbocycles. The van der Waals surface area contributed by atoms with Crippen LogP contribution in [0.2, 0.25) is 0 Å². The largest absolute Gasteiger partial charge is 0.494 e. The van der Waals surface area contributed by atoms with Gasteiger partial charge >= 0.3 is 0 Å². The number of piperazine rings is 1. The van der Waals surface area contributed by atoms with Gasteiger partial charge in [-0.2, -0.15) is 0 Å². The second-order valence-corrected chi connectivity index (χ2v) is 6.81. The summed E-state index contributed by atoms with van der Waals surface area (Å²) in [5.41, 5.74) is 2.31. The van der Waals surface area contributed by atoms with Gasteiger partial charge in [0, 0.05) is 5.69 Å². The average molecular weight is 357 g/mol. The maximum atomic E-state index is 5.73. The van der Waals surface area contributed by atoms with E-state index in [9.17, 15) is 0 Å². The maximum Gasteiger partial charge on any atom is 0.174 e. The summed E-state index contributed by atoms with van der Waals surface area (Å²) in [7, 11) is 2.25. The van der Waals surface area contributed by atoms with E-state index in [2.05, 4.69) is 47.6 Å². The van der Waals surface area contributed by atoms with Crippen LogP contribution in [-0.4, -0.2) is 43.3 Å². The van der Waals surface area contributed by atoms with Gasteiger partial charge in [-0.15, -0.1) is 0 Å². The molecule has 2 aromatic rings. The number of thiocarbonyl (C=S) groups is 1. The summed E-state index contributed by atoms with van der Waals surface area (Å²) >= 11 is 5.73. The lowest BCUT2D eigenvalue weighted by Gasteiger charge is -2.39. The van der Waals surface area contributed by atoms with Crippen molar-refractivity contribution in [2.45, 2.75) is 13.0 Å². The zero-order chi connectivity index (χ0) is 17.6. The van der Waals surface area contributed by atoms with Gasteiger partial charge in [-0.3, -0.25) is 0 Å². The predicted octanol–water partition coefficient (Wildman–Crippen LogP) is 2.35. The Kier molecular flexibility index (Phi) is 5.89. The van der Waals surface area contributed by atoms with E-state index in [1.54, 1.807) is 0 Å². The number of anilines is 1. The van der Waals surface area contributed by atoms with Gasteiger partial charge in [-0.25, -0.2) is 0 Å². The molecule has 0 aromatic heterocycles. The van der Waals surface area contributed by atoms with E-state index in [1.807, 2.05) is 31.2 Å². The summed E-state index contributed by atoms with van der Waals surface area (Å²) in [6.45, 7) is 5.76. The van der Waals surface area contributed by atoms with Crippen LogP contribution in [0.5, 0.6) is 5.75 Å². The SMILES string of the molecule is CCOc1ccc(NC(=S)N2CC[NH+](C)C[C@@H]2c2ccccc2)cc1. The topological polar surface area (TPSA) is 28.9 Å². The summed E-state index contributed by atoms with van der Waals surface area (Å²) in [6.07, 6.45) is 0. The third-order valence-corrected chi connectivity index (χ3v) is 4.90. The number of rotatable bonds is 4. The zero-order valence-electron chi connectivity index (χ0n) is 14.9. The van der Waals surface area contributed by atoms with Crippen LogP contribution in [0.3, 0.4) is 0 Å². The Labute approximate surface area is 155 Å². The number of hydrogen-bond donors (Lipinski definition) is 2.